The lowest BCUT2D eigenvalue weighted by Gasteiger charge is -2.09. The SMILES string of the molecule is CNc1nc(C(F)(F)F)nc2c(C(=O)c3ccccc3Cl)cnn12. The van der Waals surface area contributed by atoms with Crippen molar-refractivity contribution < 1.29 is 18.0 Å². The molecule has 0 bridgehead atoms. The number of nitrogens with zero attached hydrogens (tertiary/aromatic N) is 4. The summed E-state index contributed by atoms with van der Waals surface area (Å²) in [5, 5.41) is 6.57. The molecule has 124 valence electrons. The molecule has 2 heterocycles. The van der Waals surface area contributed by atoms with E-state index in [1.54, 1.807) is 12.1 Å². The zero-order chi connectivity index (χ0) is 17.5. The van der Waals surface area contributed by atoms with Crippen molar-refractivity contribution in [2.75, 3.05) is 12.4 Å². The van der Waals surface area contributed by atoms with E-state index in [0.717, 1.165) is 10.7 Å². The highest BCUT2D eigenvalue weighted by Crippen LogP contribution is 2.29. The number of carbonyl (C=O) groups excluding carboxylic acids is 1. The first-order chi connectivity index (χ1) is 11.3. The Kier molecular flexibility index (Phi) is 3.88. The highest BCUT2D eigenvalue weighted by Gasteiger charge is 2.36. The molecule has 0 aliphatic rings. The maximum Gasteiger partial charge on any atom is 0.451 e. The lowest BCUT2D eigenvalue weighted by molar-refractivity contribution is -0.144. The van der Waals surface area contributed by atoms with Crippen molar-refractivity contribution in [1.82, 2.24) is 19.6 Å². The standard InChI is InChI=1S/C14H9ClF3N5O/c1-19-13-22-12(14(16,17)18)21-11-8(6-20-23(11)13)10(24)7-4-2-3-5-9(7)15/h2-6H,1H3,(H,19,21,22). The first-order valence-corrected chi connectivity index (χ1v) is 7.00. The maximum atomic E-state index is 13.0. The Morgan fingerprint density at radius 3 is 2.54 bits per heavy atom. The average Bonchev–Trinajstić information content (AvgIpc) is 2.97. The number of alkyl halides is 3. The second-order valence-corrected chi connectivity index (χ2v) is 5.13. The molecule has 0 radical (unpaired) electrons. The van der Waals surface area contributed by atoms with Crippen LogP contribution in [-0.4, -0.2) is 32.4 Å². The summed E-state index contributed by atoms with van der Waals surface area (Å²) >= 11 is 5.98. The lowest BCUT2D eigenvalue weighted by Crippen LogP contribution is -2.16. The van der Waals surface area contributed by atoms with Gasteiger partial charge in [0.05, 0.1) is 16.8 Å². The molecule has 6 nitrogen and oxygen atoms in total. The van der Waals surface area contributed by atoms with Crippen molar-refractivity contribution in [3.8, 4) is 0 Å². The van der Waals surface area contributed by atoms with Gasteiger partial charge in [-0.15, -0.1) is 0 Å². The molecule has 0 atom stereocenters. The zero-order valence-corrected chi connectivity index (χ0v) is 12.9. The number of fused-ring (bicyclic) bond motifs is 1. The number of anilines is 1. The van der Waals surface area contributed by atoms with Gasteiger partial charge in [-0.1, -0.05) is 23.7 Å². The normalized spacial score (nSPS) is 11.7. The van der Waals surface area contributed by atoms with Crippen molar-refractivity contribution in [3.63, 3.8) is 0 Å². The molecule has 2 aromatic heterocycles. The van der Waals surface area contributed by atoms with Crippen LogP contribution in [0.5, 0.6) is 0 Å². The Morgan fingerprint density at radius 1 is 1.21 bits per heavy atom. The predicted octanol–water partition coefficient (Wildman–Crippen LogP) is 3.07. The Labute approximate surface area is 138 Å². The van der Waals surface area contributed by atoms with Crippen molar-refractivity contribution in [2.24, 2.45) is 0 Å². The Bertz CT molecular complexity index is 938. The number of ketones is 1. The van der Waals surface area contributed by atoms with Crippen LogP contribution in [0.25, 0.3) is 5.65 Å². The predicted molar refractivity (Wildman–Crippen MR) is 80.2 cm³/mol. The fourth-order valence-electron chi connectivity index (χ4n) is 2.12. The fraction of sp³-hybridized carbons (Fsp3) is 0.143. The minimum absolute atomic E-state index is 0.104. The molecule has 1 N–H and O–H groups in total. The van der Waals surface area contributed by atoms with E-state index in [1.165, 1.54) is 19.2 Å². The van der Waals surface area contributed by atoms with Crippen molar-refractivity contribution in [2.45, 2.75) is 6.18 Å². The van der Waals surface area contributed by atoms with Crippen LogP contribution in [0.3, 0.4) is 0 Å². The van der Waals surface area contributed by atoms with Crippen LogP contribution in [0.15, 0.2) is 30.5 Å². The fourth-order valence-corrected chi connectivity index (χ4v) is 2.34. The molecule has 0 saturated carbocycles. The third-order valence-electron chi connectivity index (χ3n) is 3.21. The first-order valence-electron chi connectivity index (χ1n) is 6.63. The van der Waals surface area contributed by atoms with E-state index in [1.807, 2.05) is 0 Å². The van der Waals surface area contributed by atoms with E-state index in [0.29, 0.717) is 0 Å². The zero-order valence-electron chi connectivity index (χ0n) is 12.1. The van der Waals surface area contributed by atoms with Crippen molar-refractivity contribution >= 4 is 29.0 Å². The van der Waals surface area contributed by atoms with Gasteiger partial charge >= 0.3 is 6.18 Å². The molecule has 10 heteroatoms. The van der Waals surface area contributed by atoms with Gasteiger partial charge in [0, 0.05) is 12.6 Å². The summed E-state index contributed by atoms with van der Waals surface area (Å²) in [5.74, 6) is -2.14. The van der Waals surface area contributed by atoms with E-state index >= 15 is 0 Å². The number of hydrogen-bond donors (Lipinski definition) is 1. The largest absolute Gasteiger partial charge is 0.451 e. The Hall–Kier alpha value is -2.68. The molecule has 0 amide bonds. The quantitative estimate of drug-likeness (QED) is 0.731. The molecule has 24 heavy (non-hydrogen) atoms. The van der Waals surface area contributed by atoms with E-state index in [-0.39, 0.29) is 27.7 Å². The molecule has 0 unspecified atom stereocenters. The summed E-state index contributed by atoms with van der Waals surface area (Å²) in [6.07, 6.45) is -3.63. The number of halogens is 4. The second kappa shape index (κ2) is 5.75. The molecule has 0 aliphatic carbocycles. The summed E-state index contributed by atoms with van der Waals surface area (Å²) in [6.45, 7) is 0. The Balaban J connectivity index is 2.23. The maximum absolute atomic E-state index is 13.0. The van der Waals surface area contributed by atoms with Crippen LogP contribution >= 0.6 is 11.6 Å². The summed E-state index contributed by atoms with van der Waals surface area (Å²) in [6, 6.07) is 6.22. The van der Waals surface area contributed by atoms with Crippen LogP contribution in [0.1, 0.15) is 21.7 Å². The molecule has 3 rings (SSSR count). The first kappa shape index (κ1) is 16.2. The smallest absolute Gasteiger partial charge is 0.357 e. The highest BCUT2D eigenvalue weighted by molar-refractivity contribution is 6.35. The molecule has 1 aromatic carbocycles. The minimum Gasteiger partial charge on any atom is -0.357 e. The average molecular weight is 356 g/mol. The third kappa shape index (κ3) is 2.67. The van der Waals surface area contributed by atoms with E-state index in [4.69, 9.17) is 11.6 Å². The second-order valence-electron chi connectivity index (χ2n) is 4.72. The summed E-state index contributed by atoms with van der Waals surface area (Å²) in [7, 11) is 1.39. The van der Waals surface area contributed by atoms with Gasteiger partial charge in [-0.25, -0.2) is 4.98 Å². The van der Waals surface area contributed by atoms with Crippen LogP contribution in [-0.2, 0) is 6.18 Å². The van der Waals surface area contributed by atoms with Gasteiger partial charge < -0.3 is 5.32 Å². The number of carbonyl (C=O) groups is 1. The van der Waals surface area contributed by atoms with E-state index < -0.39 is 17.8 Å². The van der Waals surface area contributed by atoms with Crippen LogP contribution in [0.4, 0.5) is 19.1 Å². The molecule has 0 saturated heterocycles. The van der Waals surface area contributed by atoms with Gasteiger partial charge in [0.2, 0.25) is 11.8 Å². The Morgan fingerprint density at radius 2 is 1.92 bits per heavy atom. The monoisotopic (exact) mass is 355 g/mol. The number of aromatic nitrogens is 4. The third-order valence-corrected chi connectivity index (χ3v) is 3.54. The van der Waals surface area contributed by atoms with Crippen LogP contribution in [0, 0.1) is 0 Å². The van der Waals surface area contributed by atoms with Gasteiger partial charge in [-0.05, 0) is 12.1 Å². The molecule has 3 aromatic rings. The van der Waals surface area contributed by atoms with Gasteiger partial charge in [-0.3, -0.25) is 4.79 Å². The number of nitrogens with one attached hydrogen (secondary N) is 1. The number of benzene rings is 1. The molecular formula is C14H9ClF3N5O. The molecule has 0 fully saturated rings. The molecule has 0 spiro atoms. The number of rotatable bonds is 3. The summed E-state index contributed by atoms with van der Waals surface area (Å²) < 4.78 is 39.9. The van der Waals surface area contributed by atoms with Crippen molar-refractivity contribution in [3.05, 3.63) is 52.4 Å². The molecular weight excluding hydrogens is 347 g/mol. The van der Waals surface area contributed by atoms with Gasteiger partial charge in [0.15, 0.2) is 11.4 Å². The minimum atomic E-state index is -4.76. The lowest BCUT2D eigenvalue weighted by atomic mass is 10.1. The number of hydrogen-bond acceptors (Lipinski definition) is 5. The van der Waals surface area contributed by atoms with E-state index in [9.17, 15) is 18.0 Å². The van der Waals surface area contributed by atoms with Gasteiger partial charge in [0.1, 0.15) is 0 Å². The summed E-state index contributed by atoms with van der Waals surface area (Å²) in [4.78, 5) is 19.4. The van der Waals surface area contributed by atoms with Gasteiger partial charge in [0.25, 0.3) is 0 Å². The van der Waals surface area contributed by atoms with E-state index in [2.05, 4.69) is 20.4 Å². The van der Waals surface area contributed by atoms with Crippen LogP contribution < -0.4 is 5.32 Å². The topological polar surface area (TPSA) is 72.2 Å². The summed E-state index contributed by atoms with van der Waals surface area (Å²) in [5.41, 5.74) is -0.216. The highest BCUT2D eigenvalue weighted by atomic mass is 35.5. The van der Waals surface area contributed by atoms with Gasteiger partial charge in [-0.2, -0.15) is 27.8 Å². The molecule has 0 aliphatic heterocycles. The van der Waals surface area contributed by atoms with Crippen LogP contribution in [0.2, 0.25) is 5.02 Å². The van der Waals surface area contributed by atoms with Crippen molar-refractivity contribution in [1.29, 1.82) is 0 Å².